The third-order valence-electron chi connectivity index (χ3n) is 3.45. The van der Waals surface area contributed by atoms with Crippen molar-refractivity contribution >= 4 is 43.2 Å². The maximum atomic E-state index is 12.2. The van der Waals surface area contributed by atoms with Crippen molar-refractivity contribution in [2.75, 3.05) is 29.5 Å². The van der Waals surface area contributed by atoms with E-state index < -0.39 is 9.84 Å². The van der Waals surface area contributed by atoms with Crippen LogP contribution in [0.3, 0.4) is 0 Å². The summed E-state index contributed by atoms with van der Waals surface area (Å²) in [5.74, 6) is 1.82. The quantitative estimate of drug-likeness (QED) is 0.814. The van der Waals surface area contributed by atoms with Crippen molar-refractivity contribution in [3.05, 3.63) is 28.2 Å². The summed E-state index contributed by atoms with van der Waals surface area (Å²) in [6.07, 6.45) is 0. The Morgan fingerprint density at radius 1 is 1.50 bits per heavy atom. The molecule has 1 unspecified atom stereocenters. The summed E-state index contributed by atoms with van der Waals surface area (Å²) in [4.78, 5) is 2.05. The molecule has 0 radical (unpaired) electrons. The molecule has 0 spiro atoms. The highest BCUT2D eigenvalue weighted by molar-refractivity contribution is 9.10. The van der Waals surface area contributed by atoms with E-state index in [0.717, 1.165) is 22.3 Å². The molecule has 1 heterocycles. The SMILES string of the molecule is CCS(=O)(=O)C1CSCCN1Cc1ccc(Br)c(N)c1. The third kappa shape index (κ3) is 3.69. The van der Waals surface area contributed by atoms with E-state index in [9.17, 15) is 8.42 Å². The average Bonchev–Trinajstić information content (AvgIpc) is 2.43. The minimum atomic E-state index is -3.04. The second kappa shape index (κ2) is 6.68. The number of nitrogen functional groups attached to an aromatic ring is 1. The van der Waals surface area contributed by atoms with E-state index in [1.54, 1.807) is 18.7 Å². The number of rotatable bonds is 4. The smallest absolute Gasteiger partial charge is 0.166 e. The zero-order valence-corrected chi connectivity index (χ0v) is 14.6. The standard InChI is InChI=1S/C13H19BrN2O2S2/c1-2-20(17,18)13-9-19-6-5-16(13)8-10-3-4-11(14)12(15)7-10/h3-4,7,13H,2,5-6,8-9,15H2,1H3. The Kier molecular flexibility index (Phi) is 5.39. The van der Waals surface area contributed by atoms with Gasteiger partial charge in [-0.1, -0.05) is 13.0 Å². The first-order valence-corrected chi connectivity index (χ1v) is 10.2. The van der Waals surface area contributed by atoms with Crippen LogP contribution in [0.5, 0.6) is 0 Å². The van der Waals surface area contributed by atoms with Gasteiger partial charge < -0.3 is 5.73 Å². The van der Waals surface area contributed by atoms with Crippen molar-refractivity contribution < 1.29 is 8.42 Å². The number of anilines is 1. The molecule has 1 aliphatic heterocycles. The summed E-state index contributed by atoms with van der Waals surface area (Å²) < 4.78 is 25.2. The fraction of sp³-hybridized carbons (Fsp3) is 0.538. The van der Waals surface area contributed by atoms with E-state index in [1.165, 1.54) is 0 Å². The molecule has 0 aromatic heterocycles. The van der Waals surface area contributed by atoms with Crippen LogP contribution in [-0.4, -0.2) is 42.5 Å². The molecule has 112 valence electrons. The fourth-order valence-corrected chi connectivity index (χ4v) is 5.57. The molecule has 0 saturated carbocycles. The monoisotopic (exact) mass is 378 g/mol. The first-order valence-electron chi connectivity index (χ1n) is 6.51. The van der Waals surface area contributed by atoms with Gasteiger partial charge in [0.1, 0.15) is 5.37 Å². The largest absolute Gasteiger partial charge is 0.398 e. The molecule has 2 rings (SSSR count). The van der Waals surface area contributed by atoms with Crippen LogP contribution in [0, 0.1) is 0 Å². The predicted octanol–water partition coefficient (Wildman–Crippen LogP) is 2.34. The molecule has 1 aromatic carbocycles. The number of benzene rings is 1. The van der Waals surface area contributed by atoms with E-state index in [4.69, 9.17) is 5.73 Å². The number of hydrogen-bond acceptors (Lipinski definition) is 5. The minimum Gasteiger partial charge on any atom is -0.398 e. The van der Waals surface area contributed by atoms with Crippen LogP contribution >= 0.6 is 27.7 Å². The van der Waals surface area contributed by atoms with E-state index >= 15 is 0 Å². The van der Waals surface area contributed by atoms with Crippen LogP contribution in [0.15, 0.2) is 22.7 Å². The molecule has 0 amide bonds. The van der Waals surface area contributed by atoms with Crippen molar-refractivity contribution in [1.82, 2.24) is 4.90 Å². The van der Waals surface area contributed by atoms with Crippen LogP contribution < -0.4 is 5.73 Å². The Balaban J connectivity index is 2.18. The van der Waals surface area contributed by atoms with Crippen molar-refractivity contribution in [3.63, 3.8) is 0 Å². The summed E-state index contributed by atoms with van der Waals surface area (Å²) in [6.45, 7) is 3.14. The van der Waals surface area contributed by atoms with E-state index in [-0.39, 0.29) is 11.1 Å². The lowest BCUT2D eigenvalue weighted by Gasteiger charge is -2.34. The number of nitrogens with two attached hydrogens (primary N) is 1. The van der Waals surface area contributed by atoms with Crippen molar-refractivity contribution in [1.29, 1.82) is 0 Å². The van der Waals surface area contributed by atoms with Gasteiger partial charge in [0.25, 0.3) is 0 Å². The second-order valence-corrected chi connectivity index (χ2v) is 9.26. The number of thioether (sulfide) groups is 1. The zero-order valence-electron chi connectivity index (χ0n) is 11.4. The molecule has 1 saturated heterocycles. The van der Waals surface area contributed by atoms with Gasteiger partial charge in [0.2, 0.25) is 0 Å². The van der Waals surface area contributed by atoms with E-state index in [0.29, 0.717) is 18.0 Å². The summed E-state index contributed by atoms with van der Waals surface area (Å²) >= 11 is 5.08. The minimum absolute atomic E-state index is 0.192. The lowest BCUT2D eigenvalue weighted by molar-refractivity contribution is 0.262. The molecule has 7 heteroatoms. The molecular weight excluding hydrogens is 360 g/mol. The van der Waals surface area contributed by atoms with Gasteiger partial charge in [-0.3, -0.25) is 4.90 Å². The summed E-state index contributed by atoms with van der Waals surface area (Å²) in [5.41, 5.74) is 7.62. The third-order valence-corrected chi connectivity index (χ3v) is 7.51. The van der Waals surface area contributed by atoms with Gasteiger partial charge in [-0.25, -0.2) is 8.42 Å². The molecule has 0 bridgehead atoms. The summed E-state index contributed by atoms with van der Waals surface area (Å²) in [5, 5.41) is -0.379. The Hall–Kier alpha value is -0.240. The molecular formula is C13H19BrN2O2S2. The first kappa shape index (κ1) is 16.1. The normalized spacial score (nSPS) is 21.0. The maximum absolute atomic E-state index is 12.2. The predicted molar refractivity (Wildman–Crippen MR) is 89.5 cm³/mol. The van der Waals surface area contributed by atoms with Crippen LogP contribution in [0.4, 0.5) is 5.69 Å². The van der Waals surface area contributed by atoms with Gasteiger partial charge in [-0.15, -0.1) is 0 Å². The van der Waals surface area contributed by atoms with Crippen LogP contribution in [0.1, 0.15) is 12.5 Å². The topological polar surface area (TPSA) is 63.4 Å². The molecule has 1 aromatic rings. The number of halogens is 1. The van der Waals surface area contributed by atoms with Gasteiger partial charge >= 0.3 is 0 Å². The summed E-state index contributed by atoms with van der Waals surface area (Å²) in [7, 11) is -3.04. The number of hydrogen-bond donors (Lipinski definition) is 1. The average molecular weight is 379 g/mol. The van der Waals surface area contributed by atoms with E-state index in [1.807, 2.05) is 18.2 Å². The highest BCUT2D eigenvalue weighted by Gasteiger charge is 2.32. The lowest BCUT2D eigenvalue weighted by Crippen LogP contribution is -2.47. The van der Waals surface area contributed by atoms with Crippen molar-refractivity contribution in [3.8, 4) is 0 Å². The number of nitrogens with zero attached hydrogens (tertiary/aromatic N) is 1. The molecule has 0 aliphatic carbocycles. The molecule has 4 nitrogen and oxygen atoms in total. The second-order valence-electron chi connectivity index (χ2n) is 4.81. The molecule has 2 N–H and O–H groups in total. The van der Waals surface area contributed by atoms with Gasteiger partial charge in [0, 0.05) is 40.5 Å². The summed E-state index contributed by atoms with van der Waals surface area (Å²) in [6, 6.07) is 5.80. The Bertz CT molecular complexity index is 578. The molecule has 1 fully saturated rings. The van der Waals surface area contributed by atoms with Crippen LogP contribution in [0.2, 0.25) is 0 Å². The Morgan fingerprint density at radius 3 is 2.90 bits per heavy atom. The van der Waals surface area contributed by atoms with Crippen LogP contribution in [0.25, 0.3) is 0 Å². The zero-order chi connectivity index (χ0) is 14.8. The van der Waals surface area contributed by atoms with Gasteiger partial charge in [0.15, 0.2) is 9.84 Å². The molecule has 20 heavy (non-hydrogen) atoms. The molecule has 1 atom stereocenters. The van der Waals surface area contributed by atoms with Gasteiger partial charge in [-0.2, -0.15) is 11.8 Å². The van der Waals surface area contributed by atoms with Gasteiger partial charge in [0.05, 0.1) is 0 Å². The Labute approximate surface area is 133 Å². The van der Waals surface area contributed by atoms with Crippen molar-refractivity contribution in [2.45, 2.75) is 18.8 Å². The fourth-order valence-electron chi connectivity index (χ4n) is 2.25. The van der Waals surface area contributed by atoms with Crippen molar-refractivity contribution in [2.24, 2.45) is 0 Å². The first-order chi connectivity index (χ1) is 9.44. The maximum Gasteiger partial charge on any atom is 0.166 e. The van der Waals surface area contributed by atoms with Gasteiger partial charge in [-0.05, 0) is 33.6 Å². The van der Waals surface area contributed by atoms with E-state index in [2.05, 4.69) is 20.8 Å². The highest BCUT2D eigenvalue weighted by Crippen LogP contribution is 2.25. The van der Waals surface area contributed by atoms with Crippen LogP contribution in [-0.2, 0) is 16.4 Å². The highest BCUT2D eigenvalue weighted by atomic mass is 79.9. The Morgan fingerprint density at radius 2 is 2.25 bits per heavy atom. The lowest BCUT2D eigenvalue weighted by atomic mass is 10.2. The number of sulfone groups is 1. The molecule has 1 aliphatic rings.